The van der Waals surface area contributed by atoms with E-state index >= 15 is 0 Å². The van der Waals surface area contributed by atoms with Crippen molar-refractivity contribution < 1.29 is 14.6 Å². The van der Waals surface area contributed by atoms with Gasteiger partial charge >= 0.3 is 0 Å². The number of aliphatic hydroxyl groups excluding tert-OH is 1. The number of likely N-dealkylation sites (tertiary alicyclic amines) is 1. The van der Waals surface area contributed by atoms with E-state index in [1.54, 1.807) is 14.2 Å². The van der Waals surface area contributed by atoms with Gasteiger partial charge in [-0.25, -0.2) is 0 Å². The number of fused-ring (bicyclic) bond motifs is 3. The first kappa shape index (κ1) is 16.2. The molecular weight excluding hydrogens is 302 g/mol. The zero-order valence-electron chi connectivity index (χ0n) is 15.0. The Kier molecular flexibility index (Phi) is 4.00. The van der Waals surface area contributed by atoms with Gasteiger partial charge < -0.3 is 19.5 Å². The molecule has 1 saturated heterocycles. The van der Waals surface area contributed by atoms with Crippen molar-refractivity contribution in [2.75, 3.05) is 27.8 Å². The van der Waals surface area contributed by atoms with Crippen molar-refractivity contribution in [2.45, 2.75) is 49.7 Å². The van der Waals surface area contributed by atoms with Gasteiger partial charge in [-0.3, -0.25) is 0 Å². The van der Waals surface area contributed by atoms with Crippen molar-refractivity contribution in [2.24, 2.45) is 11.8 Å². The van der Waals surface area contributed by atoms with Gasteiger partial charge in [-0.2, -0.15) is 0 Å². The SMILES string of the molecule is COc1ccc([C@]23CCN(C)[C@H]2[C@H]2CCC[C@@H]3C[C@@H]2O)cc1OC. The van der Waals surface area contributed by atoms with Crippen LogP contribution in [0.15, 0.2) is 18.2 Å². The quantitative estimate of drug-likeness (QED) is 0.925. The predicted octanol–water partition coefficient (Wildman–Crippen LogP) is 2.83. The van der Waals surface area contributed by atoms with Crippen LogP contribution in [-0.4, -0.2) is 50.0 Å². The van der Waals surface area contributed by atoms with E-state index in [0.29, 0.717) is 17.9 Å². The van der Waals surface area contributed by atoms with E-state index in [4.69, 9.17) is 9.47 Å². The molecule has 3 aliphatic carbocycles. The summed E-state index contributed by atoms with van der Waals surface area (Å²) in [5.41, 5.74) is 1.52. The molecule has 2 bridgehead atoms. The highest BCUT2D eigenvalue weighted by Gasteiger charge is 2.60. The molecule has 5 atom stereocenters. The second-order valence-corrected chi connectivity index (χ2v) is 7.88. The topological polar surface area (TPSA) is 41.9 Å². The van der Waals surface area contributed by atoms with Crippen molar-refractivity contribution >= 4 is 0 Å². The number of rotatable bonds is 3. The lowest BCUT2D eigenvalue weighted by Crippen LogP contribution is -2.56. The Morgan fingerprint density at radius 1 is 1.17 bits per heavy atom. The van der Waals surface area contributed by atoms with Gasteiger partial charge in [0.15, 0.2) is 11.5 Å². The van der Waals surface area contributed by atoms with Crippen LogP contribution in [0.5, 0.6) is 11.5 Å². The van der Waals surface area contributed by atoms with Crippen LogP contribution < -0.4 is 9.47 Å². The number of benzene rings is 1. The molecule has 4 nitrogen and oxygen atoms in total. The Hall–Kier alpha value is -1.26. The van der Waals surface area contributed by atoms with Gasteiger partial charge in [0, 0.05) is 17.4 Å². The molecule has 3 saturated carbocycles. The number of hydrogen-bond donors (Lipinski definition) is 1. The molecule has 4 fully saturated rings. The van der Waals surface area contributed by atoms with Gasteiger partial charge in [0.1, 0.15) is 0 Å². The third-order valence-electron chi connectivity index (χ3n) is 7.05. The van der Waals surface area contributed by atoms with Gasteiger partial charge in [0.2, 0.25) is 0 Å². The number of aliphatic hydroxyl groups is 1. The molecule has 1 heterocycles. The standard InChI is InChI=1S/C20H29NO3/c1-21-10-9-20(14-7-8-17(23-2)18(12-14)24-3)13-5-4-6-15(19(20)21)16(22)11-13/h7-8,12-13,15-16,19,22H,4-6,9-11H2,1-3H3/t13-,15+,16+,19+,20-/m1/s1. The van der Waals surface area contributed by atoms with E-state index in [1.165, 1.54) is 24.8 Å². The lowest BCUT2D eigenvalue weighted by molar-refractivity contribution is -0.0265. The zero-order chi connectivity index (χ0) is 16.9. The molecule has 132 valence electrons. The molecule has 1 aliphatic heterocycles. The summed E-state index contributed by atoms with van der Waals surface area (Å²) in [5.74, 6) is 2.56. The van der Waals surface area contributed by atoms with E-state index < -0.39 is 0 Å². The highest BCUT2D eigenvalue weighted by molar-refractivity contribution is 5.47. The maximum atomic E-state index is 10.7. The molecule has 0 radical (unpaired) electrons. The highest BCUT2D eigenvalue weighted by atomic mass is 16.5. The lowest BCUT2D eigenvalue weighted by Gasteiger charge is -2.51. The Bertz CT molecular complexity index is 619. The summed E-state index contributed by atoms with van der Waals surface area (Å²) >= 11 is 0. The number of methoxy groups -OCH3 is 2. The van der Waals surface area contributed by atoms with Crippen LogP contribution in [0.4, 0.5) is 0 Å². The highest BCUT2D eigenvalue weighted by Crippen LogP contribution is 2.58. The van der Waals surface area contributed by atoms with Crippen LogP contribution in [0.3, 0.4) is 0 Å². The van der Waals surface area contributed by atoms with Crippen LogP contribution in [0.1, 0.15) is 37.7 Å². The van der Waals surface area contributed by atoms with Crippen LogP contribution in [0.25, 0.3) is 0 Å². The van der Waals surface area contributed by atoms with E-state index in [2.05, 4.69) is 24.1 Å². The molecule has 4 heteroatoms. The van der Waals surface area contributed by atoms with Crippen LogP contribution >= 0.6 is 0 Å². The molecule has 0 unspecified atom stereocenters. The molecule has 0 amide bonds. The summed E-state index contributed by atoms with van der Waals surface area (Å²) in [6.45, 7) is 1.11. The minimum absolute atomic E-state index is 0.142. The zero-order valence-corrected chi connectivity index (χ0v) is 15.0. The smallest absolute Gasteiger partial charge is 0.161 e. The minimum atomic E-state index is -0.142. The van der Waals surface area contributed by atoms with Crippen molar-refractivity contribution in [1.82, 2.24) is 4.90 Å². The molecule has 5 rings (SSSR count). The molecule has 1 aromatic carbocycles. The van der Waals surface area contributed by atoms with Gasteiger partial charge in [-0.15, -0.1) is 0 Å². The first-order valence-electron chi connectivity index (χ1n) is 9.22. The summed E-state index contributed by atoms with van der Waals surface area (Å²) < 4.78 is 11.0. The Morgan fingerprint density at radius 2 is 1.96 bits per heavy atom. The van der Waals surface area contributed by atoms with Crippen molar-refractivity contribution in [3.8, 4) is 11.5 Å². The molecule has 1 aromatic rings. The fourth-order valence-corrected chi connectivity index (χ4v) is 6.09. The van der Waals surface area contributed by atoms with E-state index in [0.717, 1.165) is 30.9 Å². The second-order valence-electron chi connectivity index (χ2n) is 7.88. The summed E-state index contributed by atoms with van der Waals surface area (Å²) in [6, 6.07) is 6.92. The Morgan fingerprint density at radius 3 is 2.71 bits per heavy atom. The van der Waals surface area contributed by atoms with Gasteiger partial charge in [-0.1, -0.05) is 12.5 Å². The maximum absolute atomic E-state index is 10.7. The predicted molar refractivity (Wildman–Crippen MR) is 93.7 cm³/mol. The van der Waals surface area contributed by atoms with Gasteiger partial charge in [-0.05, 0) is 62.9 Å². The number of hydrogen-bond acceptors (Lipinski definition) is 4. The largest absolute Gasteiger partial charge is 0.493 e. The minimum Gasteiger partial charge on any atom is -0.493 e. The average Bonchev–Trinajstić information content (AvgIpc) is 2.75. The Labute approximate surface area is 144 Å². The fraction of sp³-hybridized carbons (Fsp3) is 0.700. The summed E-state index contributed by atoms with van der Waals surface area (Å²) in [4.78, 5) is 2.50. The number of ether oxygens (including phenoxy) is 2. The fourth-order valence-electron chi connectivity index (χ4n) is 6.09. The van der Waals surface area contributed by atoms with Crippen molar-refractivity contribution in [3.63, 3.8) is 0 Å². The van der Waals surface area contributed by atoms with Gasteiger partial charge in [0.25, 0.3) is 0 Å². The van der Waals surface area contributed by atoms with Gasteiger partial charge in [0.05, 0.1) is 20.3 Å². The van der Waals surface area contributed by atoms with Crippen LogP contribution in [0.2, 0.25) is 0 Å². The molecule has 24 heavy (non-hydrogen) atoms. The average molecular weight is 331 g/mol. The van der Waals surface area contributed by atoms with Crippen LogP contribution in [-0.2, 0) is 5.41 Å². The first-order chi connectivity index (χ1) is 11.6. The lowest BCUT2D eigenvalue weighted by atomic mass is 9.57. The van der Waals surface area contributed by atoms with Crippen molar-refractivity contribution in [1.29, 1.82) is 0 Å². The van der Waals surface area contributed by atoms with Crippen molar-refractivity contribution in [3.05, 3.63) is 23.8 Å². The maximum Gasteiger partial charge on any atom is 0.161 e. The first-order valence-corrected chi connectivity index (χ1v) is 9.22. The molecule has 4 aliphatic rings. The summed E-state index contributed by atoms with van der Waals surface area (Å²) in [5, 5.41) is 10.7. The molecule has 0 aromatic heterocycles. The van der Waals surface area contributed by atoms with Crippen LogP contribution in [0, 0.1) is 11.8 Å². The third kappa shape index (κ3) is 2.12. The third-order valence-corrected chi connectivity index (χ3v) is 7.05. The number of nitrogens with zero attached hydrogens (tertiary/aromatic N) is 1. The Balaban J connectivity index is 1.85. The normalized spacial score (nSPS) is 38.7. The molecule has 0 spiro atoms. The second kappa shape index (κ2) is 5.92. The molecular formula is C20H29NO3. The summed E-state index contributed by atoms with van der Waals surface area (Å²) in [6.07, 6.45) is 5.61. The molecule has 1 N–H and O–H groups in total. The number of likely N-dealkylation sites (N-methyl/N-ethyl adjacent to an activating group) is 1. The monoisotopic (exact) mass is 331 g/mol. The van der Waals surface area contributed by atoms with E-state index in [-0.39, 0.29) is 11.5 Å². The summed E-state index contributed by atoms with van der Waals surface area (Å²) in [7, 11) is 5.63. The van der Waals surface area contributed by atoms with E-state index in [9.17, 15) is 5.11 Å². The van der Waals surface area contributed by atoms with E-state index in [1.807, 2.05) is 6.07 Å².